The van der Waals surface area contributed by atoms with E-state index in [9.17, 15) is 8.78 Å². The van der Waals surface area contributed by atoms with E-state index in [4.69, 9.17) is 0 Å². The van der Waals surface area contributed by atoms with Gasteiger partial charge in [-0.2, -0.15) is 0 Å². The largest absolute Gasteiger partial charge is 0.300 e. The zero-order valence-electron chi connectivity index (χ0n) is 9.50. The van der Waals surface area contributed by atoms with Crippen molar-refractivity contribution in [2.75, 3.05) is 39.3 Å². The van der Waals surface area contributed by atoms with Crippen LogP contribution < -0.4 is 0 Å². The normalized spacial score (nSPS) is 26.3. The summed E-state index contributed by atoms with van der Waals surface area (Å²) in [6.45, 7) is 7.92. The summed E-state index contributed by atoms with van der Waals surface area (Å²) in [5.74, 6) is -1.06. The molecule has 2 nitrogen and oxygen atoms in total. The van der Waals surface area contributed by atoms with E-state index < -0.39 is 11.6 Å². The van der Waals surface area contributed by atoms with Crippen molar-refractivity contribution >= 4 is 22.6 Å². The van der Waals surface area contributed by atoms with Crippen LogP contribution in [0, 0.1) is 15.2 Å². The quantitative estimate of drug-likeness (QED) is 0.661. The van der Waals surface area contributed by atoms with Crippen molar-refractivity contribution < 1.29 is 8.78 Å². The summed E-state index contributed by atoms with van der Waals surface area (Å²) in [5.41, 5.74) is 0. The molecule has 1 aromatic carbocycles. The smallest absolute Gasteiger partial charge is 0.127 e. The maximum Gasteiger partial charge on any atom is 0.127 e. The molecule has 0 aromatic heterocycles. The van der Waals surface area contributed by atoms with Gasteiger partial charge in [0.25, 0.3) is 0 Å². The summed E-state index contributed by atoms with van der Waals surface area (Å²) in [6, 6.07) is 3.38. The van der Waals surface area contributed by atoms with Gasteiger partial charge in [-0.25, -0.2) is 8.78 Å². The number of hydrogen-bond acceptors (Lipinski definition) is 2. The molecule has 0 atom stereocenters. The molecule has 3 aliphatic heterocycles. The first kappa shape index (κ1) is 13.2. The second kappa shape index (κ2) is 6.06. The first-order valence-electron chi connectivity index (χ1n) is 5.70. The third-order valence-electron chi connectivity index (χ3n) is 3.02. The Kier molecular flexibility index (Phi) is 4.69. The van der Waals surface area contributed by atoms with Crippen LogP contribution in [-0.4, -0.2) is 49.1 Å². The summed E-state index contributed by atoms with van der Waals surface area (Å²) >= 11 is 1.85. The Morgan fingerprint density at radius 1 is 0.765 bits per heavy atom. The second-order valence-electron chi connectivity index (χ2n) is 4.27. The average molecular weight is 352 g/mol. The van der Waals surface area contributed by atoms with Gasteiger partial charge in [-0.1, -0.05) is 0 Å². The first-order chi connectivity index (χ1) is 8.13. The highest BCUT2D eigenvalue weighted by Crippen LogP contribution is 2.09. The number of piperazine rings is 3. The van der Waals surface area contributed by atoms with Gasteiger partial charge in [0.2, 0.25) is 0 Å². The molecule has 17 heavy (non-hydrogen) atoms. The van der Waals surface area contributed by atoms with E-state index in [-0.39, 0.29) is 0 Å². The number of benzene rings is 1. The lowest BCUT2D eigenvalue weighted by atomic mass is 10.2. The van der Waals surface area contributed by atoms with Crippen LogP contribution in [-0.2, 0) is 0 Å². The summed E-state index contributed by atoms with van der Waals surface area (Å²) < 4.78 is 24.9. The predicted molar refractivity (Wildman–Crippen MR) is 72.0 cm³/mol. The zero-order chi connectivity index (χ0) is 12.3. The number of hydrogen-bond donors (Lipinski definition) is 0. The fraction of sp³-hybridized carbons (Fsp3) is 0.500. The molecule has 1 aromatic rings. The lowest BCUT2D eigenvalue weighted by Gasteiger charge is -2.41. The standard InChI is InChI=1S/C6H3F2I.C6H12N2/c7-4-1-5(8)3-6(9)2-4;1-2-8-5-3-7(1)4-6-8/h1-3H;1-6H2. The van der Waals surface area contributed by atoms with E-state index in [2.05, 4.69) is 9.80 Å². The van der Waals surface area contributed by atoms with Crippen LogP contribution in [0.5, 0.6) is 0 Å². The van der Waals surface area contributed by atoms with Crippen LogP contribution in [0.1, 0.15) is 0 Å². The third-order valence-corrected chi connectivity index (χ3v) is 3.65. The molecular weight excluding hydrogens is 337 g/mol. The molecule has 0 radical (unpaired) electrons. The van der Waals surface area contributed by atoms with Gasteiger partial charge in [0.15, 0.2) is 0 Å². The average Bonchev–Trinajstić information content (AvgIpc) is 2.30. The first-order valence-corrected chi connectivity index (χ1v) is 6.78. The molecule has 3 saturated heterocycles. The molecule has 0 aliphatic carbocycles. The lowest BCUT2D eigenvalue weighted by Crippen LogP contribution is -2.55. The molecule has 0 unspecified atom stereocenters. The summed E-state index contributed by atoms with van der Waals surface area (Å²) in [5, 5.41) is 0. The van der Waals surface area contributed by atoms with Gasteiger partial charge >= 0.3 is 0 Å². The van der Waals surface area contributed by atoms with Crippen LogP contribution in [0.15, 0.2) is 18.2 Å². The van der Waals surface area contributed by atoms with Gasteiger partial charge in [0, 0.05) is 48.9 Å². The molecule has 3 heterocycles. The monoisotopic (exact) mass is 352 g/mol. The van der Waals surface area contributed by atoms with Crippen molar-refractivity contribution in [1.29, 1.82) is 0 Å². The van der Waals surface area contributed by atoms with Gasteiger partial charge in [-0.05, 0) is 34.7 Å². The minimum absolute atomic E-state index is 0.528. The Bertz CT molecular complexity index is 305. The highest BCUT2D eigenvalue weighted by Gasteiger charge is 2.21. The molecule has 0 N–H and O–H groups in total. The molecule has 0 spiro atoms. The molecule has 0 saturated carbocycles. The second-order valence-corrected chi connectivity index (χ2v) is 5.52. The third kappa shape index (κ3) is 4.15. The highest BCUT2D eigenvalue weighted by molar-refractivity contribution is 14.1. The molecule has 4 rings (SSSR count). The molecule has 3 aliphatic rings. The topological polar surface area (TPSA) is 6.48 Å². The molecule has 2 bridgehead atoms. The van der Waals surface area contributed by atoms with Gasteiger partial charge < -0.3 is 0 Å². The zero-order valence-corrected chi connectivity index (χ0v) is 11.7. The van der Waals surface area contributed by atoms with E-state index >= 15 is 0 Å². The molecular formula is C12H15F2IN2. The van der Waals surface area contributed by atoms with E-state index in [0.29, 0.717) is 3.57 Å². The van der Waals surface area contributed by atoms with Crippen molar-refractivity contribution in [2.45, 2.75) is 0 Å². The predicted octanol–water partition coefficient (Wildman–Crippen LogP) is 2.19. The summed E-state index contributed by atoms with van der Waals surface area (Å²) in [4.78, 5) is 5.08. The molecule has 3 fully saturated rings. The Labute approximate surface area is 114 Å². The summed E-state index contributed by atoms with van der Waals surface area (Å²) in [7, 11) is 0. The maximum absolute atomic E-state index is 12.2. The van der Waals surface area contributed by atoms with Gasteiger partial charge in [0.05, 0.1) is 0 Å². The van der Waals surface area contributed by atoms with Crippen LogP contribution >= 0.6 is 22.6 Å². The highest BCUT2D eigenvalue weighted by atomic mass is 127. The van der Waals surface area contributed by atoms with Crippen LogP contribution in [0.25, 0.3) is 0 Å². The fourth-order valence-corrected chi connectivity index (χ4v) is 2.63. The van der Waals surface area contributed by atoms with Crippen molar-refractivity contribution in [3.05, 3.63) is 33.4 Å². The van der Waals surface area contributed by atoms with E-state index in [0.717, 1.165) is 6.07 Å². The van der Waals surface area contributed by atoms with Crippen molar-refractivity contribution in [3.8, 4) is 0 Å². The van der Waals surface area contributed by atoms with Gasteiger partial charge in [-0.3, -0.25) is 9.80 Å². The van der Waals surface area contributed by atoms with Gasteiger partial charge in [-0.15, -0.1) is 0 Å². The van der Waals surface area contributed by atoms with E-state index in [1.165, 1.54) is 51.4 Å². The Morgan fingerprint density at radius 3 is 1.35 bits per heavy atom. The number of nitrogens with zero attached hydrogens (tertiary/aromatic N) is 2. The lowest BCUT2D eigenvalue weighted by molar-refractivity contribution is 0.0647. The van der Waals surface area contributed by atoms with Crippen LogP contribution in [0.4, 0.5) is 8.78 Å². The van der Waals surface area contributed by atoms with Crippen molar-refractivity contribution in [3.63, 3.8) is 0 Å². The van der Waals surface area contributed by atoms with E-state index in [1.54, 1.807) is 0 Å². The maximum atomic E-state index is 12.2. The number of rotatable bonds is 0. The minimum atomic E-state index is -0.528. The number of fused-ring (bicyclic) bond motifs is 3. The van der Waals surface area contributed by atoms with E-state index in [1.807, 2.05) is 22.6 Å². The number of halogens is 3. The van der Waals surface area contributed by atoms with Crippen LogP contribution in [0.3, 0.4) is 0 Å². The SMILES string of the molecule is C1CN2CCN1CC2.Fc1cc(F)cc(I)c1. The Morgan fingerprint density at radius 2 is 1.12 bits per heavy atom. The van der Waals surface area contributed by atoms with Crippen LogP contribution in [0.2, 0.25) is 0 Å². The Hall–Kier alpha value is -0.270. The Balaban J connectivity index is 0.000000127. The van der Waals surface area contributed by atoms with Crippen molar-refractivity contribution in [1.82, 2.24) is 9.80 Å². The molecule has 94 valence electrons. The molecule has 5 heteroatoms. The summed E-state index contributed by atoms with van der Waals surface area (Å²) in [6.07, 6.45) is 0. The fourth-order valence-electron chi connectivity index (χ4n) is 2.04. The minimum Gasteiger partial charge on any atom is -0.300 e. The van der Waals surface area contributed by atoms with Crippen molar-refractivity contribution in [2.24, 2.45) is 0 Å². The molecule has 0 amide bonds. The van der Waals surface area contributed by atoms with Gasteiger partial charge in [0.1, 0.15) is 11.6 Å².